The van der Waals surface area contributed by atoms with Crippen LogP contribution in [0.1, 0.15) is 39.3 Å². The average Bonchev–Trinajstić information content (AvgIpc) is 2.57. The van der Waals surface area contributed by atoms with Gasteiger partial charge in [0.25, 0.3) is 0 Å². The van der Waals surface area contributed by atoms with Gasteiger partial charge in [-0.25, -0.2) is 5.48 Å². The van der Waals surface area contributed by atoms with E-state index in [1.807, 2.05) is 33.1 Å². The van der Waals surface area contributed by atoms with Gasteiger partial charge in [-0.15, -0.1) is 0 Å². The fourth-order valence-electron chi connectivity index (χ4n) is 1.33. The van der Waals surface area contributed by atoms with Crippen molar-refractivity contribution in [3.8, 4) is 0 Å². The zero-order chi connectivity index (χ0) is 13.8. The molecule has 0 spiro atoms. The molecule has 1 aromatic rings. The normalized spacial score (nSPS) is 11.6. The van der Waals surface area contributed by atoms with Crippen LogP contribution in [0.4, 0.5) is 0 Å². The van der Waals surface area contributed by atoms with E-state index in [1.54, 1.807) is 4.57 Å². The highest BCUT2D eigenvalue weighted by molar-refractivity contribution is 7.07. The predicted octanol–water partition coefficient (Wildman–Crippen LogP) is 1.84. The van der Waals surface area contributed by atoms with E-state index in [-0.39, 0.29) is 10.8 Å². The Hall–Kier alpha value is -1.14. The third kappa shape index (κ3) is 5.01. The molecule has 1 rings (SSSR count). The zero-order valence-electron chi connectivity index (χ0n) is 11.3. The molecule has 0 fully saturated rings. The van der Waals surface area contributed by atoms with Gasteiger partial charge < -0.3 is 4.57 Å². The molecule has 1 N–H and O–H groups in total. The maximum absolute atomic E-state index is 11.5. The summed E-state index contributed by atoms with van der Waals surface area (Å²) >= 11 is 1.19. The molecule has 0 aromatic carbocycles. The minimum Gasteiger partial charge on any atom is -0.303 e. The van der Waals surface area contributed by atoms with Crippen LogP contribution in [0.2, 0.25) is 0 Å². The van der Waals surface area contributed by atoms with Crippen molar-refractivity contribution < 1.29 is 9.63 Å². The first-order valence-electron chi connectivity index (χ1n) is 5.91. The van der Waals surface area contributed by atoms with E-state index in [4.69, 9.17) is 4.84 Å². The second-order valence-electron chi connectivity index (χ2n) is 5.14. The maximum Gasteiger partial charge on any atom is 0.307 e. The molecule has 0 atom stereocenters. The fraction of sp³-hybridized carbons (Fsp3) is 0.667. The minimum absolute atomic E-state index is 0.0267. The summed E-state index contributed by atoms with van der Waals surface area (Å²) < 4.78 is 1.68. The number of hydrogen-bond acceptors (Lipinski definition) is 4. The molecule has 1 heterocycles. The van der Waals surface area contributed by atoms with Crippen LogP contribution in [-0.2, 0) is 16.2 Å². The van der Waals surface area contributed by atoms with E-state index in [1.165, 1.54) is 11.3 Å². The smallest absolute Gasteiger partial charge is 0.303 e. The number of hydroxylamine groups is 1. The van der Waals surface area contributed by atoms with Crippen LogP contribution in [0.5, 0.6) is 0 Å². The number of rotatable bonds is 5. The molecule has 0 radical (unpaired) electrons. The minimum atomic E-state index is -0.392. The summed E-state index contributed by atoms with van der Waals surface area (Å²) in [5, 5.41) is 1.82. The van der Waals surface area contributed by atoms with Crippen molar-refractivity contribution in [2.24, 2.45) is 0 Å². The molecule has 1 amide bonds. The summed E-state index contributed by atoms with van der Waals surface area (Å²) in [4.78, 5) is 28.1. The Bertz CT molecular complexity index is 457. The molecule has 6 heteroatoms. The number of thiazole rings is 1. The van der Waals surface area contributed by atoms with Gasteiger partial charge in [0.1, 0.15) is 0 Å². The van der Waals surface area contributed by atoms with Gasteiger partial charge in [-0.1, -0.05) is 11.3 Å². The largest absolute Gasteiger partial charge is 0.307 e. The first-order chi connectivity index (χ1) is 8.29. The van der Waals surface area contributed by atoms with E-state index in [0.29, 0.717) is 19.4 Å². The highest BCUT2D eigenvalue weighted by atomic mass is 32.1. The number of carbonyl (C=O) groups is 1. The number of carbonyl (C=O) groups excluding carboxylic acids is 1. The van der Waals surface area contributed by atoms with E-state index < -0.39 is 5.60 Å². The predicted molar refractivity (Wildman–Crippen MR) is 71.5 cm³/mol. The third-order valence-electron chi connectivity index (χ3n) is 2.23. The monoisotopic (exact) mass is 272 g/mol. The van der Waals surface area contributed by atoms with E-state index >= 15 is 0 Å². The van der Waals surface area contributed by atoms with Gasteiger partial charge in [0, 0.05) is 24.0 Å². The lowest BCUT2D eigenvalue weighted by atomic mass is 10.2. The average molecular weight is 272 g/mol. The van der Waals surface area contributed by atoms with Crippen molar-refractivity contribution >= 4 is 17.2 Å². The summed E-state index contributed by atoms with van der Waals surface area (Å²) in [5.74, 6) is -0.161. The van der Waals surface area contributed by atoms with E-state index in [2.05, 4.69) is 5.48 Å². The Kier molecular flexibility index (Phi) is 5.10. The topological polar surface area (TPSA) is 60.3 Å². The molecular formula is C12H20N2O3S. The molecule has 0 aliphatic carbocycles. The molecule has 5 nitrogen and oxygen atoms in total. The maximum atomic E-state index is 11.5. The molecule has 102 valence electrons. The lowest BCUT2D eigenvalue weighted by Gasteiger charge is -2.18. The molecular weight excluding hydrogens is 252 g/mol. The van der Waals surface area contributed by atoms with Crippen molar-refractivity contribution in [1.82, 2.24) is 10.0 Å². The Labute approximate surface area is 111 Å². The first-order valence-corrected chi connectivity index (χ1v) is 6.79. The lowest BCUT2D eigenvalue weighted by molar-refractivity contribution is -0.145. The van der Waals surface area contributed by atoms with Crippen molar-refractivity contribution in [2.45, 2.75) is 52.7 Å². The van der Waals surface area contributed by atoms with Gasteiger partial charge >= 0.3 is 4.87 Å². The van der Waals surface area contributed by atoms with Crippen LogP contribution in [0.25, 0.3) is 0 Å². The summed E-state index contributed by atoms with van der Waals surface area (Å²) in [7, 11) is 0. The number of hydrogen-bond donors (Lipinski definition) is 1. The molecule has 0 aliphatic heterocycles. The highest BCUT2D eigenvalue weighted by Crippen LogP contribution is 2.05. The van der Waals surface area contributed by atoms with Crippen LogP contribution in [-0.4, -0.2) is 16.1 Å². The SMILES string of the molecule is Cc1csc(=O)n1CCCC(=O)NOC(C)(C)C. The van der Waals surface area contributed by atoms with Crippen LogP contribution in [0, 0.1) is 6.92 Å². The number of nitrogens with zero attached hydrogens (tertiary/aromatic N) is 1. The quantitative estimate of drug-likeness (QED) is 0.832. The lowest BCUT2D eigenvalue weighted by Crippen LogP contribution is -2.33. The molecule has 18 heavy (non-hydrogen) atoms. The van der Waals surface area contributed by atoms with Crippen LogP contribution in [0.3, 0.4) is 0 Å². The summed E-state index contributed by atoms with van der Waals surface area (Å²) in [6.45, 7) is 8.04. The van der Waals surface area contributed by atoms with Gasteiger partial charge in [-0.2, -0.15) is 0 Å². The fourth-order valence-corrected chi connectivity index (χ4v) is 2.09. The van der Waals surface area contributed by atoms with Gasteiger partial charge in [0.05, 0.1) is 5.60 Å². The summed E-state index contributed by atoms with van der Waals surface area (Å²) in [6.07, 6.45) is 0.967. The third-order valence-corrected chi connectivity index (χ3v) is 3.11. The molecule has 0 bridgehead atoms. The number of nitrogens with one attached hydrogen (secondary N) is 1. The number of aromatic nitrogens is 1. The van der Waals surface area contributed by atoms with Crippen LogP contribution < -0.4 is 10.4 Å². The number of amides is 1. The van der Waals surface area contributed by atoms with Gasteiger partial charge in [-0.05, 0) is 34.1 Å². The van der Waals surface area contributed by atoms with Crippen LogP contribution >= 0.6 is 11.3 Å². The first kappa shape index (κ1) is 14.9. The van der Waals surface area contributed by atoms with E-state index in [0.717, 1.165) is 5.69 Å². The second-order valence-corrected chi connectivity index (χ2v) is 5.96. The standard InChI is InChI=1S/C12H20N2O3S/c1-9-8-18-11(16)14(9)7-5-6-10(15)13-17-12(2,3)4/h8H,5-7H2,1-4H3,(H,13,15). The van der Waals surface area contributed by atoms with E-state index in [9.17, 15) is 9.59 Å². The Morgan fingerprint density at radius 1 is 1.50 bits per heavy atom. The second kappa shape index (κ2) is 6.15. The molecule has 0 aliphatic rings. The summed E-state index contributed by atoms with van der Waals surface area (Å²) in [5.41, 5.74) is 2.96. The number of aryl methyl sites for hydroxylation is 1. The Morgan fingerprint density at radius 3 is 2.67 bits per heavy atom. The van der Waals surface area contributed by atoms with Crippen molar-refractivity contribution in [3.63, 3.8) is 0 Å². The molecule has 0 unspecified atom stereocenters. The van der Waals surface area contributed by atoms with Crippen molar-refractivity contribution in [1.29, 1.82) is 0 Å². The van der Waals surface area contributed by atoms with Crippen molar-refractivity contribution in [3.05, 3.63) is 20.7 Å². The zero-order valence-corrected chi connectivity index (χ0v) is 12.1. The van der Waals surface area contributed by atoms with Gasteiger partial charge in [0.15, 0.2) is 0 Å². The molecule has 1 aromatic heterocycles. The van der Waals surface area contributed by atoms with Gasteiger partial charge in [-0.3, -0.25) is 14.4 Å². The van der Waals surface area contributed by atoms with Crippen LogP contribution in [0.15, 0.2) is 10.2 Å². The van der Waals surface area contributed by atoms with Crippen molar-refractivity contribution in [2.75, 3.05) is 0 Å². The highest BCUT2D eigenvalue weighted by Gasteiger charge is 2.12. The van der Waals surface area contributed by atoms with Gasteiger partial charge in [0.2, 0.25) is 5.91 Å². The Balaban J connectivity index is 2.30. The molecule has 0 saturated carbocycles. The Morgan fingerprint density at radius 2 is 2.17 bits per heavy atom. The summed E-state index contributed by atoms with van der Waals surface area (Å²) in [6, 6.07) is 0. The molecule has 0 saturated heterocycles.